The first-order chi connectivity index (χ1) is 13.3. The van der Waals surface area contributed by atoms with E-state index in [1.807, 2.05) is 0 Å². The number of fused-ring (bicyclic) bond motifs is 1. The number of benzene rings is 2. The van der Waals surface area contributed by atoms with Crippen LogP contribution in [-0.4, -0.2) is 44.2 Å². The molecular formula is C18H19ClFN3O5S. The number of hydrogen-bond acceptors (Lipinski definition) is 6. The number of nitrogens with zero attached hydrogens (tertiary/aromatic N) is 2. The van der Waals surface area contributed by atoms with Crippen LogP contribution in [0.1, 0.15) is 5.56 Å². The zero-order chi connectivity index (χ0) is 20.4. The summed E-state index contributed by atoms with van der Waals surface area (Å²) in [6.45, 7) is -0.0877. The van der Waals surface area contributed by atoms with Crippen LogP contribution in [0.25, 0.3) is 22.0 Å². The van der Waals surface area contributed by atoms with Crippen LogP contribution >= 0.6 is 12.4 Å². The van der Waals surface area contributed by atoms with Gasteiger partial charge in [-0.2, -0.15) is 5.10 Å². The lowest BCUT2D eigenvalue weighted by Crippen LogP contribution is -2.16. The number of nitrogens with one attached hydrogen (secondary N) is 1. The first-order valence-corrected chi connectivity index (χ1v) is 9.27. The van der Waals surface area contributed by atoms with Crippen LogP contribution in [0, 0.1) is 5.82 Å². The van der Waals surface area contributed by atoms with E-state index in [1.54, 1.807) is 12.1 Å². The van der Waals surface area contributed by atoms with Crippen LogP contribution in [0.3, 0.4) is 0 Å². The average molecular weight is 444 g/mol. The minimum Gasteiger partial charge on any atom is -0.493 e. The second-order valence-corrected chi connectivity index (χ2v) is 7.17. The second-order valence-electron chi connectivity index (χ2n) is 6.01. The molecule has 1 aromatic heterocycles. The van der Waals surface area contributed by atoms with Crippen LogP contribution in [0.5, 0.6) is 11.5 Å². The van der Waals surface area contributed by atoms with Gasteiger partial charge in [-0.05, 0) is 18.2 Å². The molecule has 11 heteroatoms. The third-order valence-electron chi connectivity index (χ3n) is 4.30. The molecule has 0 bridgehead atoms. The van der Waals surface area contributed by atoms with Crippen molar-refractivity contribution in [2.75, 3.05) is 21.3 Å². The third kappa shape index (κ3) is 4.50. The topological polar surface area (TPSA) is 102 Å². The van der Waals surface area contributed by atoms with Crippen molar-refractivity contribution in [2.24, 2.45) is 0 Å². The lowest BCUT2D eigenvalue weighted by Gasteiger charge is -2.13. The SMILES string of the molecule is COc1cc2c(-c3ccc(CN(C)[SH](=O)=O)c(F)c3)n[nH]c(=O)c2cc1OC.Cl. The van der Waals surface area contributed by atoms with E-state index in [2.05, 4.69) is 10.2 Å². The highest BCUT2D eigenvalue weighted by Gasteiger charge is 2.16. The molecule has 0 spiro atoms. The Kier molecular flexibility index (Phi) is 7.17. The molecule has 3 rings (SSSR count). The van der Waals surface area contributed by atoms with Gasteiger partial charge in [0.15, 0.2) is 11.5 Å². The fourth-order valence-corrected chi connectivity index (χ4v) is 3.10. The summed E-state index contributed by atoms with van der Waals surface area (Å²) in [5.74, 6) is 0.207. The van der Waals surface area contributed by atoms with Gasteiger partial charge >= 0.3 is 0 Å². The number of hydrogen-bond donors (Lipinski definition) is 2. The van der Waals surface area contributed by atoms with E-state index in [-0.39, 0.29) is 24.5 Å². The molecule has 3 aromatic rings. The van der Waals surface area contributed by atoms with E-state index in [4.69, 9.17) is 9.47 Å². The predicted molar refractivity (Wildman–Crippen MR) is 110 cm³/mol. The maximum Gasteiger partial charge on any atom is 0.272 e. The molecule has 0 aliphatic rings. The number of methoxy groups -OCH3 is 2. The fraction of sp³-hybridized carbons (Fsp3) is 0.222. The second kappa shape index (κ2) is 9.21. The smallest absolute Gasteiger partial charge is 0.272 e. The summed E-state index contributed by atoms with van der Waals surface area (Å²) in [6, 6.07) is 7.48. The molecule has 2 aromatic carbocycles. The number of halogens is 2. The molecule has 0 aliphatic heterocycles. The molecule has 0 aliphatic carbocycles. The van der Waals surface area contributed by atoms with E-state index in [0.717, 1.165) is 4.31 Å². The Morgan fingerprint density at radius 2 is 1.72 bits per heavy atom. The summed E-state index contributed by atoms with van der Waals surface area (Å²) in [5.41, 5.74) is 0.573. The highest BCUT2D eigenvalue weighted by molar-refractivity contribution is 7.69. The standard InChI is InChI=1S/C18H18FN3O5S.ClH/c1-22(28(24)25)9-11-5-4-10(6-14(11)19)17-12-7-15(26-2)16(27-3)8-13(12)18(23)21-20-17;/h4-8,28H,9H2,1-3H3,(H,21,23);1H. The third-order valence-corrected chi connectivity index (χ3v) is 5.00. The highest BCUT2D eigenvalue weighted by atomic mass is 35.5. The first kappa shape index (κ1) is 22.6. The van der Waals surface area contributed by atoms with Gasteiger partial charge in [-0.25, -0.2) is 22.2 Å². The maximum absolute atomic E-state index is 14.5. The molecule has 29 heavy (non-hydrogen) atoms. The Labute approximate surface area is 173 Å². The van der Waals surface area contributed by atoms with Crippen molar-refractivity contribution < 1.29 is 22.3 Å². The largest absolute Gasteiger partial charge is 0.493 e. The van der Waals surface area contributed by atoms with Crippen LogP contribution in [0.15, 0.2) is 35.1 Å². The molecule has 1 N–H and O–H groups in total. The molecule has 0 saturated carbocycles. The van der Waals surface area contributed by atoms with Gasteiger partial charge in [-0.1, -0.05) is 12.1 Å². The van der Waals surface area contributed by atoms with E-state index in [1.165, 1.54) is 39.5 Å². The lowest BCUT2D eigenvalue weighted by molar-refractivity contribution is 0.356. The summed E-state index contributed by atoms with van der Waals surface area (Å²) in [7, 11) is 1.49. The van der Waals surface area contributed by atoms with Crippen molar-refractivity contribution in [3.8, 4) is 22.8 Å². The van der Waals surface area contributed by atoms with Gasteiger partial charge < -0.3 is 9.47 Å². The van der Waals surface area contributed by atoms with E-state index >= 15 is 0 Å². The van der Waals surface area contributed by atoms with Gasteiger partial charge in [0.25, 0.3) is 5.56 Å². The van der Waals surface area contributed by atoms with Crippen molar-refractivity contribution in [1.82, 2.24) is 14.5 Å². The van der Waals surface area contributed by atoms with E-state index in [0.29, 0.717) is 33.5 Å². The van der Waals surface area contributed by atoms with Crippen molar-refractivity contribution in [1.29, 1.82) is 0 Å². The monoisotopic (exact) mass is 443 g/mol. The summed E-state index contributed by atoms with van der Waals surface area (Å²) in [6.07, 6.45) is 0. The number of rotatable bonds is 6. The zero-order valence-electron chi connectivity index (χ0n) is 15.8. The van der Waals surface area contributed by atoms with Crippen LogP contribution in [0.2, 0.25) is 0 Å². The number of thiol groups is 1. The molecule has 1 heterocycles. The molecule has 8 nitrogen and oxygen atoms in total. The molecule has 0 radical (unpaired) electrons. The predicted octanol–water partition coefficient (Wildman–Crippen LogP) is 2.13. The Balaban J connectivity index is 0.00000300. The normalized spacial score (nSPS) is 11.0. The van der Waals surface area contributed by atoms with Crippen LogP contribution in [0.4, 0.5) is 4.39 Å². The summed E-state index contributed by atoms with van der Waals surface area (Å²) < 4.78 is 48.0. The molecular weight excluding hydrogens is 425 g/mol. The van der Waals surface area contributed by atoms with Crippen molar-refractivity contribution >= 4 is 34.1 Å². The minimum atomic E-state index is -2.80. The minimum absolute atomic E-state index is 0. The summed E-state index contributed by atoms with van der Waals surface area (Å²) in [5, 5.41) is 7.24. The zero-order valence-corrected chi connectivity index (χ0v) is 17.5. The average Bonchev–Trinajstić information content (AvgIpc) is 2.68. The quantitative estimate of drug-likeness (QED) is 0.566. The fourth-order valence-electron chi connectivity index (χ4n) is 2.84. The van der Waals surface area contributed by atoms with Gasteiger partial charge in [-0.3, -0.25) is 4.79 Å². The van der Waals surface area contributed by atoms with Gasteiger partial charge in [0.1, 0.15) is 5.82 Å². The molecule has 0 amide bonds. The van der Waals surface area contributed by atoms with Crippen LogP contribution < -0.4 is 15.0 Å². The van der Waals surface area contributed by atoms with E-state index in [9.17, 15) is 17.6 Å². The maximum atomic E-state index is 14.5. The highest BCUT2D eigenvalue weighted by Crippen LogP contribution is 2.34. The number of aromatic nitrogens is 2. The Morgan fingerprint density at radius 3 is 2.28 bits per heavy atom. The number of ether oxygens (including phenoxy) is 2. The van der Waals surface area contributed by atoms with Crippen molar-refractivity contribution in [3.05, 3.63) is 52.1 Å². The Bertz CT molecular complexity index is 1170. The molecule has 156 valence electrons. The Hall–Kier alpha value is -2.69. The summed E-state index contributed by atoms with van der Waals surface area (Å²) >= 11 is 0. The first-order valence-electron chi connectivity index (χ1n) is 8.14. The lowest BCUT2D eigenvalue weighted by atomic mass is 10.0. The van der Waals surface area contributed by atoms with Crippen molar-refractivity contribution in [3.63, 3.8) is 0 Å². The van der Waals surface area contributed by atoms with Gasteiger partial charge in [0.2, 0.25) is 10.9 Å². The molecule has 0 fully saturated rings. The molecule has 0 saturated heterocycles. The number of aromatic amines is 1. The van der Waals surface area contributed by atoms with Gasteiger partial charge in [0.05, 0.1) is 25.3 Å². The summed E-state index contributed by atoms with van der Waals surface area (Å²) in [4.78, 5) is 12.2. The van der Waals surface area contributed by atoms with Gasteiger partial charge in [-0.15, -0.1) is 12.4 Å². The van der Waals surface area contributed by atoms with Crippen molar-refractivity contribution in [2.45, 2.75) is 6.54 Å². The Morgan fingerprint density at radius 1 is 1.10 bits per heavy atom. The molecule has 0 atom stereocenters. The van der Waals surface area contributed by atoms with Crippen LogP contribution in [-0.2, 0) is 17.4 Å². The molecule has 0 unspecified atom stereocenters. The van der Waals surface area contributed by atoms with E-state index < -0.39 is 22.3 Å². The van der Waals surface area contributed by atoms with Gasteiger partial charge in [0, 0.05) is 30.1 Å². The number of H-pyrrole nitrogens is 1.